The smallest absolute Gasteiger partial charge is 0.0798 e. The van der Waals surface area contributed by atoms with Crippen LogP contribution in [0.4, 0.5) is 0 Å². The lowest BCUT2D eigenvalue weighted by Crippen LogP contribution is -1.96. The zero-order valence-electron chi connectivity index (χ0n) is 5.89. The third-order valence-corrected chi connectivity index (χ3v) is 1.50. The molecule has 54 valence electrons. The molecule has 0 aliphatic carbocycles. The molecule has 0 aliphatic heterocycles. The number of allylic oxidation sites excluding steroid dienone is 1. The van der Waals surface area contributed by atoms with Crippen LogP contribution in [0.25, 0.3) is 0 Å². The fraction of sp³-hybridized carbons (Fsp3) is 0.714. The first-order chi connectivity index (χ1) is 4.22. The summed E-state index contributed by atoms with van der Waals surface area (Å²) in [4.78, 5) is 0. The lowest BCUT2D eigenvalue weighted by Gasteiger charge is -2.04. The molecule has 0 spiro atoms. The van der Waals surface area contributed by atoms with E-state index in [2.05, 4.69) is 6.92 Å². The minimum Gasteiger partial charge on any atom is -0.516 e. The van der Waals surface area contributed by atoms with E-state index in [1.807, 2.05) is 6.92 Å². The van der Waals surface area contributed by atoms with Crippen molar-refractivity contribution < 1.29 is 5.11 Å². The topological polar surface area (TPSA) is 20.2 Å². The predicted molar refractivity (Wildman–Crippen MR) is 40.9 cm³/mol. The molecule has 0 bridgehead atoms. The number of rotatable bonds is 3. The molecule has 1 atom stereocenters. The van der Waals surface area contributed by atoms with Gasteiger partial charge in [0.15, 0.2) is 0 Å². The van der Waals surface area contributed by atoms with Gasteiger partial charge in [0.05, 0.1) is 11.6 Å². The van der Waals surface area contributed by atoms with Gasteiger partial charge in [0.2, 0.25) is 0 Å². The minimum atomic E-state index is -0.0325. The number of alkyl halides is 1. The van der Waals surface area contributed by atoms with Crippen molar-refractivity contribution in [2.75, 3.05) is 0 Å². The normalized spacial score (nSPS) is 15.7. The molecule has 0 aromatic heterocycles. The van der Waals surface area contributed by atoms with Gasteiger partial charge in [-0.05, 0) is 18.9 Å². The van der Waals surface area contributed by atoms with Gasteiger partial charge in [-0.1, -0.05) is 13.3 Å². The molecule has 0 rings (SSSR count). The molecule has 0 aromatic carbocycles. The van der Waals surface area contributed by atoms with Crippen LogP contribution in [0, 0.1) is 0 Å². The van der Waals surface area contributed by atoms with Crippen LogP contribution in [0.1, 0.15) is 26.7 Å². The van der Waals surface area contributed by atoms with Crippen molar-refractivity contribution in [2.45, 2.75) is 32.1 Å². The SMILES string of the molecule is CCC/C(=C\O)C(C)Cl. The maximum Gasteiger partial charge on any atom is 0.0798 e. The third-order valence-electron chi connectivity index (χ3n) is 1.22. The van der Waals surface area contributed by atoms with Crippen molar-refractivity contribution in [3.8, 4) is 0 Å². The summed E-state index contributed by atoms with van der Waals surface area (Å²) in [6.07, 6.45) is 3.03. The first-order valence-electron chi connectivity index (χ1n) is 3.19. The molecule has 0 fully saturated rings. The Kier molecular flexibility index (Phi) is 4.60. The quantitative estimate of drug-likeness (QED) is 0.482. The number of aliphatic hydroxyl groups excluding tert-OH is 1. The summed E-state index contributed by atoms with van der Waals surface area (Å²) in [5.74, 6) is 0. The fourth-order valence-electron chi connectivity index (χ4n) is 0.655. The lowest BCUT2D eigenvalue weighted by molar-refractivity contribution is 0.462. The van der Waals surface area contributed by atoms with Crippen LogP contribution in [0.3, 0.4) is 0 Å². The summed E-state index contributed by atoms with van der Waals surface area (Å²) in [5.41, 5.74) is 0.916. The molecule has 1 N–H and O–H groups in total. The van der Waals surface area contributed by atoms with Crippen LogP contribution in [-0.4, -0.2) is 10.5 Å². The van der Waals surface area contributed by atoms with Gasteiger partial charge < -0.3 is 5.11 Å². The van der Waals surface area contributed by atoms with Crippen LogP contribution in [0.2, 0.25) is 0 Å². The Bertz CT molecular complexity index is 97.1. The molecular formula is C7H13ClO. The van der Waals surface area contributed by atoms with E-state index in [0.717, 1.165) is 24.7 Å². The molecule has 0 aliphatic rings. The fourth-order valence-corrected chi connectivity index (χ4v) is 0.820. The number of hydrogen-bond donors (Lipinski definition) is 1. The van der Waals surface area contributed by atoms with Crippen molar-refractivity contribution in [3.63, 3.8) is 0 Å². The summed E-state index contributed by atoms with van der Waals surface area (Å²) in [7, 11) is 0. The highest BCUT2D eigenvalue weighted by atomic mass is 35.5. The first-order valence-corrected chi connectivity index (χ1v) is 3.63. The second-order valence-electron chi connectivity index (χ2n) is 2.07. The molecule has 0 saturated heterocycles. The second kappa shape index (κ2) is 4.68. The maximum absolute atomic E-state index is 8.58. The van der Waals surface area contributed by atoms with Gasteiger partial charge in [0, 0.05) is 0 Å². The van der Waals surface area contributed by atoms with Crippen molar-refractivity contribution in [2.24, 2.45) is 0 Å². The Morgan fingerprint density at radius 2 is 2.33 bits per heavy atom. The van der Waals surface area contributed by atoms with Crippen LogP contribution in [0.5, 0.6) is 0 Å². The molecule has 0 saturated carbocycles. The van der Waals surface area contributed by atoms with Crippen molar-refractivity contribution >= 4 is 11.6 Å². The number of halogens is 1. The highest BCUT2D eigenvalue weighted by molar-refractivity contribution is 6.22. The van der Waals surface area contributed by atoms with Gasteiger partial charge in [-0.2, -0.15) is 0 Å². The first kappa shape index (κ1) is 8.83. The lowest BCUT2D eigenvalue weighted by atomic mass is 10.1. The van der Waals surface area contributed by atoms with Gasteiger partial charge in [0.1, 0.15) is 0 Å². The number of hydrogen-bond acceptors (Lipinski definition) is 1. The molecule has 2 heteroatoms. The van der Waals surface area contributed by atoms with Crippen LogP contribution in [-0.2, 0) is 0 Å². The van der Waals surface area contributed by atoms with Crippen LogP contribution >= 0.6 is 11.6 Å². The third kappa shape index (κ3) is 3.41. The minimum absolute atomic E-state index is 0.0325. The second-order valence-corrected chi connectivity index (χ2v) is 2.72. The van der Waals surface area contributed by atoms with E-state index in [1.165, 1.54) is 0 Å². The zero-order chi connectivity index (χ0) is 7.28. The van der Waals surface area contributed by atoms with Gasteiger partial charge in [0.25, 0.3) is 0 Å². The van der Waals surface area contributed by atoms with Crippen molar-refractivity contribution in [3.05, 3.63) is 11.8 Å². The standard InChI is InChI=1S/C7H13ClO/c1-3-4-7(5-9)6(2)8/h5-6,9H,3-4H2,1-2H3/b7-5+. The van der Waals surface area contributed by atoms with Crippen molar-refractivity contribution in [1.29, 1.82) is 0 Å². The highest BCUT2D eigenvalue weighted by Gasteiger charge is 2.02. The van der Waals surface area contributed by atoms with Gasteiger partial charge in [-0.25, -0.2) is 0 Å². The summed E-state index contributed by atoms with van der Waals surface area (Å²) < 4.78 is 0. The van der Waals surface area contributed by atoms with Crippen LogP contribution < -0.4 is 0 Å². The Labute approximate surface area is 61.3 Å². The Morgan fingerprint density at radius 1 is 1.78 bits per heavy atom. The van der Waals surface area contributed by atoms with E-state index < -0.39 is 0 Å². The summed E-state index contributed by atoms with van der Waals surface area (Å²) in [6.45, 7) is 3.92. The average Bonchev–Trinajstić information content (AvgIpc) is 1.82. The largest absolute Gasteiger partial charge is 0.516 e. The molecule has 0 amide bonds. The molecule has 9 heavy (non-hydrogen) atoms. The monoisotopic (exact) mass is 148 g/mol. The highest BCUT2D eigenvalue weighted by Crippen LogP contribution is 2.13. The van der Waals surface area contributed by atoms with Crippen LogP contribution in [0.15, 0.2) is 11.8 Å². The Hall–Kier alpha value is -0.170. The van der Waals surface area contributed by atoms with E-state index in [9.17, 15) is 0 Å². The Morgan fingerprint density at radius 3 is 2.44 bits per heavy atom. The summed E-state index contributed by atoms with van der Waals surface area (Å²) >= 11 is 5.69. The van der Waals surface area contributed by atoms with E-state index in [4.69, 9.17) is 16.7 Å². The maximum atomic E-state index is 8.58. The number of aliphatic hydroxyl groups is 1. The van der Waals surface area contributed by atoms with E-state index in [1.54, 1.807) is 0 Å². The van der Waals surface area contributed by atoms with E-state index in [0.29, 0.717) is 0 Å². The molecular weight excluding hydrogens is 136 g/mol. The van der Waals surface area contributed by atoms with E-state index >= 15 is 0 Å². The molecule has 1 nitrogen and oxygen atoms in total. The Balaban J connectivity index is 3.70. The zero-order valence-corrected chi connectivity index (χ0v) is 6.65. The molecule has 0 heterocycles. The predicted octanol–water partition coefficient (Wildman–Crippen LogP) is 2.86. The van der Waals surface area contributed by atoms with E-state index in [-0.39, 0.29) is 5.38 Å². The molecule has 0 radical (unpaired) electrons. The molecule has 1 unspecified atom stereocenters. The average molecular weight is 149 g/mol. The summed E-state index contributed by atoms with van der Waals surface area (Å²) in [5, 5.41) is 8.55. The van der Waals surface area contributed by atoms with Crippen molar-refractivity contribution in [1.82, 2.24) is 0 Å². The molecule has 0 aromatic rings. The van der Waals surface area contributed by atoms with Gasteiger partial charge in [-0.15, -0.1) is 11.6 Å². The van der Waals surface area contributed by atoms with Gasteiger partial charge >= 0.3 is 0 Å². The summed E-state index contributed by atoms with van der Waals surface area (Å²) in [6, 6.07) is 0. The van der Waals surface area contributed by atoms with Gasteiger partial charge in [-0.3, -0.25) is 0 Å².